The number of carbonyl (C=O) groups excluding carboxylic acids is 2. The number of sulfone groups is 1. The molecule has 1 amide bonds. The first-order chi connectivity index (χ1) is 29.3. The highest BCUT2D eigenvalue weighted by Crippen LogP contribution is 2.54. The van der Waals surface area contributed by atoms with Crippen molar-refractivity contribution in [2.45, 2.75) is 60.2 Å². The van der Waals surface area contributed by atoms with Crippen molar-refractivity contribution in [2.75, 3.05) is 109 Å². The highest BCUT2D eigenvalue weighted by molar-refractivity contribution is 7.91. The molecule has 61 heavy (non-hydrogen) atoms. The molecule has 3 atom stereocenters. The summed E-state index contributed by atoms with van der Waals surface area (Å²) in [6, 6.07) is 19.4. The number of rotatable bonds is 18. The van der Waals surface area contributed by atoms with E-state index in [1.807, 2.05) is 44.2 Å². The average molecular weight is 857 g/mol. The summed E-state index contributed by atoms with van der Waals surface area (Å²) in [7, 11) is 3.50. The normalized spacial score (nSPS) is 21.4. The lowest BCUT2D eigenvalue weighted by Gasteiger charge is -2.54. The molecule has 3 aromatic rings. The predicted octanol–water partition coefficient (Wildman–Crippen LogP) is 6.55. The second-order valence-corrected chi connectivity index (χ2v) is 20.1. The monoisotopic (exact) mass is 856 g/mol. The minimum absolute atomic E-state index is 0.107. The molecule has 11 nitrogen and oxygen atoms in total. The second kappa shape index (κ2) is 19.4. The molecule has 4 aliphatic rings. The topological polar surface area (TPSA) is 106 Å². The third-order valence-corrected chi connectivity index (χ3v) is 15.9. The molecule has 3 aromatic carbocycles. The standard InChI is InChI=1S/C48H65FN6O5S/c1-6-46(56)50-44-30-42(18-19-45(44)52(4)27-26-51(2)3)61(58,59)41-16-14-40(15-17-41)55-32-35(33-55)31-53-24-20-37(21-25-53)48(34-54-22-9-23-54,38-11-8-12-39(49)29-38)43-13-7-10-36(43)28-47(57)60-5/h6,8,11-12,14-19,29-30,35-37,43H,1,7,9-10,13,20-28,31-34H2,2-5H3,(H,50,56)/t36-,43+,48+/m1/s1. The molecule has 0 bridgehead atoms. The van der Waals surface area contributed by atoms with Crippen LogP contribution in [0.15, 0.2) is 89.2 Å². The highest BCUT2D eigenvalue weighted by atomic mass is 32.2. The zero-order chi connectivity index (χ0) is 43.3. The number of carbonyl (C=O) groups is 2. The Morgan fingerprint density at radius 2 is 1.62 bits per heavy atom. The molecule has 330 valence electrons. The molecule has 3 heterocycles. The summed E-state index contributed by atoms with van der Waals surface area (Å²) in [6.07, 6.45) is 8.01. The average Bonchev–Trinajstić information content (AvgIpc) is 3.69. The Morgan fingerprint density at radius 1 is 0.902 bits per heavy atom. The van der Waals surface area contributed by atoms with E-state index >= 15 is 4.39 Å². The van der Waals surface area contributed by atoms with Gasteiger partial charge in [0, 0.05) is 69.8 Å². The SMILES string of the molecule is C=CC(=O)Nc1cc(S(=O)(=O)c2ccc(N3CC(CN4CCC([C@@](CN5CCC5)(c5cccc(F)c5)[C@H]5CCC[C@@H]5CC(=O)OC)CC4)C3)cc2)ccc1N(C)CCN(C)C. The fourth-order valence-electron chi connectivity index (χ4n) is 10.7. The summed E-state index contributed by atoms with van der Waals surface area (Å²) in [5.41, 5.74) is 3.00. The lowest BCUT2D eigenvalue weighted by molar-refractivity contribution is -0.142. The Kier molecular flexibility index (Phi) is 14.2. The molecule has 13 heteroatoms. The number of hydrogen-bond acceptors (Lipinski definition) is 10. The number of nitrogens with one attached hydrogen (secondary N) is 1. The molecule has 3 aliphatic heterocycles. The molecular weight excluding hydrogens is 792 g/mol. The number of methoxy groups -OCH3 is 1. The summed E-state index contributed by atoms with van der Waals surface area (Å²) < 4.78 is 48.0. The van der Waals surface area contributed by atoms with E-state index in [4.69, 9.17) is 4.74 Å². The van der Waals surface area contributed by atoms with E-state index < -0.39 is 15.7 Å². The van der Waals surface area contributed by atoms with Crippen molar-refractivity contribution in [1.29, 1.82) is 0 Å². The van der Waals surface area contributed by atoms with Gasteiger partial charge in [-0.25, -0.2) is 12.8 Å². The second-order valence-electron chi connectivity index (χ2n) is 18.2. The van der Waals surface area contributed by atoms with Crippen LogP contribution in [0.2, 0.25) is 0 Å². The largest absolute Gasteiger partial charge is 0.469 e. The van der Waals surface area contributed by atoms with E-state index in [9.17, 15) is 18.0 Å². The van der Waals surface area contributed by atoms with Crippen LogP contribution in [0.1, 0.15) is 50.5 Å². The number of esters is 1. The predicted molar refractivity (Wildman–Crippen MR) is 240 cm³/mol. The van der Waals surface area contributed by atoms with Crippen LogP contribution in [0, 0.1) is 29.5 Å². The number of benzene rings is 3. The van der Waals surface area contributed by atoms with Gasteiger partial charge >= 0.3 is 5.97 Å². The maximum absolute atomic E-state index is 15.1. The van der Waals surface area contributed by atoms with Gasteiger partial charge < -0.3 is 34.6 Å². The van der Waals surface area contributed by atoms with E-state index in [0.717, 1.165) is 108 Å². The van der Waals surface area contributed by atoms with Gasteiger partial charge in [0.1, 0.15) is 5.82 Å². The maximum Gasteiger partial charge on any atom is 0.305 e. The first kappa shape index (κ1) is 44.7. The van der Waals surface area contributed by atoms with Crippen LogP contribution in [-0.2, 0) is 29.6 Å². The van der Waals surface area contributed by atoms with Gasteiger partial charge in [-0.15, -0.1) is 0 Å². The smallest absolute Gasteiger partial charge is 0.305 e. The number of likely N-dealkylation sites (tertiary alicyclic amines) is 2. The molecule has 0 spiro atoms. The first-order valence-corrected chi connectivity index (χ1v) is 23.6. The molecule has 7 rings (SSSR count). The molecule has 1 aliphatic carbocycles. The summed E-state index contributed by atoms with van der Waals surface area (Å²) in [5, 5.41) is 2.80. The zero-order valence-electron chi connectivity index (χ0n) is 36.5. The van der Waals surface area contributed by atoms with Crippen molar-refractivity contribution in [3.8, 4) is 0 Å². The summed E-state index contributed by atoms with van der Waals surface area (Å²) in [6.45, 7) is 12.9. The Labute approximate surface area is 362 Å². The number of piperidine rings is 1. The third kappa shape index (κ3) is 10.0. The van der Waals surface area contributed by atoms with E-state index in [1.54, 1.807) is 36.4 Å². The van der Waals surface area contributed by atoms with Gasteiger partial charge in [-0.05, 0) is 156 Å². The third-order valence-electron chi connectivity index (χ3n) is 14.1. The van der Waals surface area contributed by atoms with Crippen molar-refractivity contribution < 1.29 is 27.1 Å². The number of anilines is 3. The lowest BCUT2D eigenvalue weighted by Crippen LogP contribution is -2.58. The highest BCUT2D eigenvalue weighted by Gasteiger charge is 2.53. The number of hydrogen-bond donors (Lipinski definition) is 1. The number of halogens is 1. The Hall–Kier alpha value is -4.30. The summed E-state index contributed by atoms with van der Waals surface area (Å²) >= 11 is 0. The number of likely N-dealkylation sites (N-methyl/N-ethyl adjacent to an activating group) is 2. The van der Waals surface area contributed by atoms with Gasteiger partial charge in [0.2, 0.25) is 15.7 Å². The molecule has 0 radical (unpaired) electrons. The van der Waals surface area contributed by atoms with Crippen LogP contribution < -0.4 is 15.1 Å². The Morgan fingerprint density at radius 3 is 2.26 bits per heavy atom. The van der Waals surface area contributed by atoms with Crippen molar-refractivity contribution >= 4 is 38.8 Å². The van der Waals surface area contributed by atoms with Gasteiger partial charge in [0.05, 0.1) is 28.3 Å². The fraction of sp³-hybridized carbons (Fsp3) is 0.542. The Bertz CT molecular complexity index is 2120. The van der Waals surface area contributed by atoms with Crippen molar-refractivity contribution in [3.05, 3.63) is 90.8 Å². The van der Waals surface area contributed by atoms with E-state index in [2.05, 4.69) is 37.6 Å². The molecule has 0 unspecified atom stereocenters. The van der Waals surface area contributed by atoms with Crippen molar-refractivity contribution in [1.82, 2.24) is 14.7 Å². The van der Waals surface area contributed by atoms with Gasteiger partial charge in [0.25, 0.3) is 0 Å². The fourth-order valence-corrected chi connectivity index (χ4v) is 12.0. The minimum atomic E-state index is -3.86. The van der Waals surface area contributed by atoms with Gasteiger partial charge in [0.15, 0.2) is 0 Å². The lowest BCUT2D eigenvalue weighted by atomic mass is 9.56. The maximum atomic E-state index is 15.1. The minimum Gasteiger partial charge on any atom is -0.469 e. The van der Waals surface area contributed by atoms with Crippen LogP contribution in [0.3, 0.4) is 0 Å². The first-order valence-electron chi connectivity index (χ1n) is 22.1. The molecule has 1 saturated carbocycles. The van der Waals surface area contributed by atoms with Crippen molar-refractivity contribution in [3.63, 3.8) is 0 Å². The van der Waals surface area contributed by atoms with Crippen LogP contribution in [0.25, 0.3) is 0 Å². The summed E-state index contributed by atoms with van der Waals surface area (Å²) in [4.78, 5) is 36.8. The molecule has 4 fully saturated rings. The Balaban J connectivity index is 0.988. The van der Waals surface area contributed by atoms with Crippen LogP contribution in [0.4, 0.5) is 21.5 Å². The van der Waals surface area contributed by atoms with Crippen LogP contribution in [-0.4, -0.2) is 129 Å². The van der Waals surface area contributed by atoms with Gasteiger partial charge in [-0.1, -0.05) is 25.1 Å². The molecule has 3 saturated heterocycles. The van der Waals surface area contributed by atoms with Crippen LogP contribution in [0.5, 0.6) is 0 Å². The zero-order valence-corrected chi connectivity index (χ0v) is 37.3. The van der Waals surface area contributed by atoms with E-state index in [-0.39, 0.29) is 32.9 Å². The van der Waals surface area contributed by atoms with Crippen molar-refractivity contribution in [2.24, 2.45) is 23.7 Å². The molecule has 1 N–H and O–H groups in total. The van der Waals surface area contributed by atoms with Gasteiger partial charge in [-0.2, -0.15) is 0 Å². The number of amides is 1. The number of ether oxygens (including phenoxy) is 1. The molecule has 0 aromatic heterocycles. The molecular formula is C48H65FN6O5S. The van der Waals surface area contributed by atoms with Gasteiger partial charge in [-0.3, -0.25) is 9.59 Å². The quantitative estimate of drug-likeness (QED) is 0.112. The van der Waals surface area contributed by atoms with E-state index in [0.29, 0.717) is 36.4 Å². The van der Waals surface area contributed by atoms with E-state index in [1.165, 1.54) is 25.7 Å². The number of nitrogens with zero attached hydrogens (tertiary/aromatic N) is 5. The summed E-state index contributed by atoms with van der Waals surface area (Å²) in [5.74, 6) is 0.660. The van der Waals surface area contributed by atoms with Crippen LogP contribution >= 0.6 is 0 Å².